The van der Waals surface area contributed by atoms with Crippen molar-refractivity contribution >= 4 is 5.91 Å². The Balaban J connectivity index is 2.35. The second-order valence-corrected chi connectivity index (χ2v) is 5.68. The number of nitrogens with zero attached hydrogens (tertiary/aromatic N) is 1. The van der Waals surface area contributed by atoms with Gasteiger partial charge in [-0.1, -0.05) is 26.7 Å². The van der Waals surface area contributed by atoms with Crippen LogP contribution in [0.5, 0.6) is 0 Å². The van der Waals surface area contributed by atoms with Crippen LogP contribution in [-0.2, 0) is 4.79 Å². The van der Waals surface area contributed by atoms with Crippen molar-refractivity contribution in [3.8, 4) is 0 Å². The summed E-state index contributed by atoms with van der Waals surface area (Å²) in [5, 5.41) is 12.9. The predicted molar refractivity (Wildman–Crippen MR) is 73.4 cm³/mol. The molecule has 106 valence electrons. The van der Waals surface area contributed by atoms with E-state index in [0.717, 1.165) is 25.9 Å². The number of carbonyl (C=O) groups excluding carboxylic acids is 1. The molecule has 1 heterocycles. The van der Waals surface area contributed by atoms with Gasteiger partial charge in [0.05, 0.1) is 12.1 Å². The third kappa shape index (κ3) is 4.94. The van der Waals surface area contributed by atoms with Crippen molar-refractivity contribution in [2.24, 2.45) is 5.92 Å². The average molecular weight is 256 g/mol. The van der Waals surface area contributed by atoms with Crippen LogP contribution in [-0.4, -0.2) is 47.7 Å². The summed E-state index contributed by atoms with van der Waals surface area (Å²) in [5.41, 5.74) is 0. The van der Waals surface area contributed by atoms with Gasteiger partial charge in [0.1, 0.15) is 0 Å². The molecule has 2 N–H and O–H groups in total. The number of aliphatic hydroxyl groups excluding tert-OH is 1. The number of aliphatic hydroxyl groups is 1. The van der Waals surface area contributed by atoms with Gasteiger partial charge in [-0.15, -0.1) is 0 Å². The molecule has 0 bridgehead atoms. The molecule has 4 nitrogen and oxygen atoms in total. The van der Waals surface area contributed by atoms with E-state index in [1.165, 1.54) is 12.8 Å². The topological polar surface area (TPSA) is 52.6 Å². The first-order chi connectivity index (χ1) is 8.52. The quantitative estimate of drug-likeness (QED) is 0.781. The molecule has 0 aliphatic carbocycles. The maximum Gasteiger partial charge on any atom is 0.239 e. The monoisotopic (exact) mass is 256 g/mol. The highest BCUT2D eigenvalue weighted by Crippen LogP contribution is 2.10. The molecule has 2 unspecified atom stereocenters. The summed E-state index contributed by atoms with van der Waals surface area (Å²) in [5.74, 6) is 0.394. The highest BCUT2D eigenvalue weighted by Gasteiger charge is 2.21. The Morgan fingerprint density at radius 1 is 1.17 bits per heavy atom. The second kappa shape index (κ2) is 7.74. The summed E-state index contributed by atoms with van der Waals surface area (Å²) in [6.07, 6.45) is 4.32. The maximum atomic E-state index is 12.2. The molecule has 4 heteroatoms. The van der Waals surface area contributed by atoms with E-state index >= 15 is 0 Å². The molecule has 1 amide bonds. The normalized spacial score (nSPS) is 20.6. The van der Waals surface area contributed by atoms with Crippen molar-refractivity contribution in [3.05, 3.63) is 0 Å². The molecule has 2 atom stereocenters. The molecule has 1 rings (SSSR count). The Morgan fingerprint density at radius 3 is 2.22 bits per heavy atom. The minimum Gasteiger partial charge on any atom is -0.392 e. The SMILES string of the molecule is CC(NCC(O)C(C)C)C(=O)N1CCCCCC1. The minimum atomic E-state index is -0.385. The van der Waals surface area contributed by atoms with E-state index in [2.05, 4.69) is 5.32 Å². The number of amides is 1. The van der Waals surface area contributed by atoms with Gasteiger partial charge in [-0.2, -0.15) is 0 Å². The smallest absolute Gasteiger partial charge is 0.239 e. The lowest BCUT2D eigenvalue weighted by molar-refractivity contribution is -0.133. The number of hydrogen-bond acceptors (Lipinski definition) is 3. The zero-order valence-corrected chi connectivity index (χ0v) is 12.0. The summed E-state index contributed by atoms with van der Waals surface area (Å²) in [7, 11) is 0. The molecule has 0 spiro atoms. The van der Waals surface area contributed by atoms with Crippen molar-refractivity contribution in [1.29, 1.82) is 0 Å². The molecule has 0 aromatic heterocycles. The molecule has 0 saturated carbocycles. The predicted octanol–water partition coefficient (Wildman–Crippen LogP) is 1.38. The lowest BCUT2D eigenvalue weighted by Crippen LogP contribution is -2.47. The number of rotatable bonds is 5. The number of nitrogens with one attached hydrogen (secondary N) is 1. The lowest BCUT2D eigenvalue weighted by Gasteiger charge is -2.26. The first-order valence-corrected chi connectivity index (χ1v) is 7.22. The van der Waals surface area contributed by atoms with Crippen LogP contribution in [0.1, 0.15) is 46.5 Å². The van der Waals surface area contributed by atoms with Crippen LogP contribution in [0.3, 0.4) is 0 Å². The molecular weight excluding hydrogens is 228 g/mol. The fourth-order valence-electron chi connectivity index (χ4n) is 2.19. The number of carbonyl (C=O) groups is 1. The summed E-state index contributed by atoms with van der Waals surface area (Å²) in [6, 6.07) is -0.198. The van der Waals surface area contributed by atoms with Crippen molar-refractivity contribution in [1.82, 2.24) is 10.2 Å². The number of likely N-dealkylation sites (tertiary alicyclic amines) is 1. The van der Waals surface area contributed by atoms with Crippen molar-refractivity contribution in [2.75, 3.05) is 19.6 Å². The Labute approximate surface area is 111 Å². The summed E-state index contributed by atoms with van der Waals surface area (Å²) < 4.78 is 0. The largest absolute Gasteiger partial charge is 0.392 e. The van der Waals surface area contributed by atoms with Gasteiger partial charge < -0.3 is 15.3 Å². The Morgan fingerprint density at radius 2 is 1.72 bits per heavy atom. The molecule has 1 aliphatic heterocycles. The highest BCUT2D eigenvalue weighted by atomic mass is 16.3. The van der Waals surface area contributed by atoms with Crippen LogP contribution in [0, 0.1) is 5.92 Å². The van der Waals surface area contributed by atoms with Gasteiger partial charge in [-0.3, -0.25) is 4.79 Å². The van der Waals surface area contributed by atoms with Gasteiger partial charge in [0, 0.05) is 19.6 Å². The van der Waals surface area contributed by atoms with Crippen LogP contribution in [0.2, 0.25) is 0 Å². The third-order valence-corrected chi connectivity index (χ3v) is 3.69. The fraction of sp³-hybridized carbons (Fsp3) is 0.929. The molecular formula is C14H28N2O2. The van der Waals surface area contributed by atoms with E-state index < -0.39 is 0 Å². The molecule has 1 fully saturated rings. The Kier molecular flexibility index (Phi) is 6.65. The van der Waals surface area contributed by atoms with Gasteiger partial charge in [-0.05, 0) is 25.7 Å². The fourth-order valence-corrected chi connectivity index (χ4v) is 2.19. The average Bonchev–Trinajstić information content (AvgIpc) is 2.63. The zero-order valence-electron chi connectivity index (χ0n) is 12.0. The van der Waals surface area contributed by atoms with Crippen molar-refractivity contribution < 1.29 is 9.90 Å². The number of hydrogen-bond donors (Lipinski definition) is 2. The standard InChI is InChI=1S/C14H28N2O2/c1-11(2)13(17)10-15-12(3)14(18)16-8-6-4-5-7-9-16/h11-13,15,17H,4-10H2,1-3H3. The van der Waals surface area contributed by atoms with Gasteiger partial charge >= 0.3 is 0 Å². The van der Waals surface area contributed by atoms with Gasteiger partial charge in [0.2, 0.25) is 5.91 Å². The first-order valence-electron chi connectivity index (χ1n) is 7.22. The van der Waals surface area contributed by atoms with Gasteiger partial charge in [-0.25, -0.2) is 0 Å². The van der Waals surface area contributed by atoms with Crippen molar-refractivity contribution in [3.63, 3.8) is 0 Å². The second-order valence-electron chi connectivity index (χ2n) is 5.68. The minimum absolute atomic E-state index is 0.174. The van der Waals surface area contributed by atoms with Crippen LogP contribution in [0.25, 0.3) is 0 Å². The van der Waals surface area contributed by atoms with Crippen LogP contribution < -0.4 is 5.32 Å². The van der Waals surface area contributed by atoms with E-state index in [1.807, 2.05) is 25.7 Å². The van der Waals surface area contributed by atoms with Gasteiger partial charge in [0.25, 0.3) is 0 Å². The third-order valence-electron chi connectivity index (χ3n) is 3.69. The van der Waals surface area contributed by atoms with E-state index in [0.29, 0.717) is 6.54 Å². The molecule has 0 radical (unpaired) electrons. The van der Waals surface area contributed by atoms with Crippen molar-refractivity contribution in [2.45, 2.75) is 58.6 Å². The van der Waals surface area contributed by atoms with E-state index in [4.69, 9.17) is 0 Å². The summed E-state index contributed by atoms with van der Waals surface area (Å²) in [4.78, 5) is 14.2. The molecule has 18 heavy (non-hydrogen) atoms. The first kappa shape index (κ1) is 15.4. The van der Waals surface area contributed by atoms with Crippen LogP contribution in [0.15, 0.2) is 0 Å². The summed E-state index contributed by atoms with van der Waals surface area (Å²) in [6.45, 7) is 8.11. The molecule has 1 saturated heterocycles. The van der Waals surface area contributed by atoms with E-state index in [9.17, 15) is 9.90 Å². The molecule has 1 aliphatic rings. The Hall–Kier alpha value is -0.610. The molecule has 0 aromatic carbocycles. The van der Waals surface area contributed by atoms with Crippen LogP contribution in [0.4, 0.5) is 0 Å². The highest BCUT2D eigenvalue weighted by molar-refractivity contribution is 5.81. The Bertz CT molecular complexity index is 248. The van der Waals surface area contributed by atoms with E-state index in [-0.39, 0.29) is 24.0 Å². The summed E-state index contributed by atoms with van der Waals surface area (Å²) >= 11 is 0. The molecule has 0 aromatic rings. The zero-order chi connectivity index (χ0) is 13.5. The van der Waals surface area contributed by atoms with E-state index in [1.54, 1.807) is 0 Å². The van der Waals surface area contributed by atoms with Crippen LogP contribution >= 0.6 is 0 Å². The van der Waals surface area contributed by atoms with Gasteiger partial charge in [0.15, 0.2) is 0 Å². The lowest BCUT2D eigenvalue weighted by atomic mass is 10.1. The maximum absolute atomic E-state index is 12.2.